The molecule has 0 saturated heterocycles. The van der Waals surface area contributed by atoms with Crippen LogP contribution < -0.4 is 4.74 Å². The van der Waals surface area contributed by atoms with Gasteiger partial charge in [0.15, 0.2) is 0 Å². The molecule has 132 valence electrons. The van der Waals surface area contributed by atoms with E-state index in [0.717, 1.165) is 3.57 Å². The largest absolute Gasteiger partial charge is 0.460 e. The highest BCUT2D eigenvalue weighted by Crippen LogP contribution is 2.48. The van der Waals surface area contributed by atoms with E-state index in [1.54, 1.807) is 39.1 Å². The van der Waals surface area contributed by atoms with E-state index in [9.17, 15) is 9.90 Å². The SMILES string of the molecule is CC(C)(C)OC(=O)CC1(O)c2cc(I)ccc2Oc2ncc(Br)cc21. The zero-order chi connectivity index (χ0) is 18.4. The monoisotopic (exact) mass is 517 g/mol. The summed E-state index contributed by atoms with van der Waals surface area (Å²) in [5, 5.41) is 11.5. The third-order valence-electron chi connectivity index (χ3n) is 3.68. The Balaban J connectivity index is 2.12. The van der Waals surface area contributed by atoms with Crippen LogP contribution in [-0.2, 0) is 15.1 Å². The molecule has 0 amide bonds. The van der Waals surface area contributed by atoms with E-state index in [0.29, 0.717) is 21.3 Å². The number of hydrogen-bond acceptors (Lipinski definition) is 5. The van der Waals surface area contributed by atoms with Crippen LogP contribution in [0.15, 0.2) is 34.9 Å². The van der Waals surface area contributed by atoms with E-state index >= 15 is 0 Å². The van der Waals surface area contributed by atoms with Crippen LogP contribution in [0.25, 0.3) is 0 Å². The second kappa shape index (κ2) is 6.51. The average Bonchev–Trinajstić information content (AvgIpc) is 2.47. The van der Waals surface area contributed by atoms with Gasteiger partial charge in [-0.25, -0.2) is 4.98 Å². The minimum atomic E-state index is -1.58. The third-order valence-corrected chi connectivity index (χ3v) is 4.78. The summed E-state index contributed by atoms with van der Waals surface area (Å²) >= 11 is 5.52. The van der Waals surface area contributed by atoms with Crippen LogP contribution in [0.3, 0.4) is 0 Å². The number of rotatable bonds is 2. The lowest BCUT2D eigenvalue weighted by molar-refractivity contribution is -0.159. The Morgan fingerprint density at radius 3 is 2.76 bits per heavy atom. The molecule has 1 aliphatic heterocycles. The number of pyridine rings is 1. The number of halogens is 2. The summed E-state index contributed by atoms with van der Waals surface area (Å²) in [6.45, 7) is 5.38. The van der Waals surface area contributed by atoms with E-state index in [-0.39, 0.29) is 12.3 Å². The van der Waals surface area contributed by atoms with Gasteiger partial charge in [-0.1, -0.05) is 0 Å². The van der Waals surface area contributed by atoms with Gasteiger partial charge in [0, 0.05) is 19.8 Å². The minimum absolute atomic E-state index is 0.230. The maximum absolute atomic E-state index is 12.5. The highest BCUT2D eigenvalue weighted by molar-refractivity contribution is 14.1. The first kappa shape index (κ1) is 18.6. The molecule has 2 aromatic rings. The van der Waals surface area contributed by atoms with E-state index in [4.69, 9.17) is 9.47 Å². The lowest BCUT2D eigenvalue weighted by Crippen LogP contribution is -2.36. The van der Waals surface area contributed by atoms with Gasteiger partial charge in [0.05, 0.1) is 12.0 Å². The molecular weight excluding hydrogens is 501 g/mol. The molecule has 7 heteroatoms. The Morgan fingerprint density at radius 1 is 1.36 bits per heavy atom. The van der Waals surface area contributed by atoms with Crippen LogP contribution in [0.2, 0.25) is 0 Å². The van der Waals surface area contributed by atoms with Gasteiger partial charge in [0.1, 0.15) is 17.0 Å². The van der Waals surface area contributed by atoms with Crippen molar-refractivity contribution in [1.82, 2.24) is 4.98 Å². The minimum Gasteiger partial charge on any atom is -0.460 e. The van der Waals surface area contributed by atoms with Gasteiger partial charge in [0.25, 0.3) is 0 Å². The number of aliphatic hydroxyl groups is 1. The lowest BCUT2D eigenvalue weighted by Gasteiger charge is -2.35. The Bertz CT molecular complexity index is 796. The summed E-state index contributed by atoms with van der Waals surface area (Å²) in [4.78, 5) is 16.7. The summed E-state index contributed by atoms with van der Waals surface area (Å²) in [7, 11) is 0. The molecule has 1 atom stereocenters. The van der Waals surface area contributed by atoms with Crippen LogP contribution in [0, 0.1) is 3.57 Å². The quantitative estimate of drug-likeness (QED) is 0.468. The summed E-state index contributed by atoms with van der Waals surface area (Å²) in [6.07, 6.45) is 1.36. The molecule has 1 N–H and O–H groups in total. The number of nitrogens with zero attached hydrogens (tertiary/aromatic N) is 1. The second-order valence-electron chi connectivity index (χ2n) is 6.87. The van der Waals surface area contributed by atoms with Crippen LogP contribution in [0.4, 0.5) is 0 Å². The first-order chi connectivity index (χ1) is 11.6. The molecule has 0 saturated carbocycles. The van der Waals surface area contributed by atoms with Crippen molar-refractivity contribution in [2.24, 2.45) is 0 Å². The maximum Gasteiger partial charge on any atom is 0.309 e. The van der Waals surface area contributed by atoms with E-state index < -0.39 is 17.2 Å². The fourth-order valence-electron chi connectivity index (χ4n) is 2.74. The highest BCUT2D eigenvalue weighted by atomic mass is 127. The molecule has 1 aromatic carbocycles. The van der Waals surface area contributed by atoms with Gasteiger partial charge in [-0.05, 0) is 83.6 Å². The normalized spacial score (nSPS) is 18.8. The van der Waals surface area contributed by atoms with E-state index in [2.05, 4.69) is 43.5 Å². The Morgan fingerprint density at radius 2 is 2.08 bits per heavy atom. The van der Waals surface area contributed by atoms with E-state index in [1.165, 1.54) is 0 Å². The molecule has 0 spiro atoms. The third kappa shape index (κ3) is 3.83. The van der Waals surface area contributed by atoms with Gasteiger partial charge in [-0.3, -0.25) is 4.79 Å². The van der Waals surface area contributed by atoms with Crippen LogP contribution >= 0.6 is 38.5 Å². The Hall–Kier alpha value is -1.19. The molecule has 1 aromatic heterocycles. The molecule has 3 rings (SSSR count). The standard InChI is InChI=1S/C18H17BrINO4/c1-17(2,3)25-15(22)8-18(23)12-7-11(20)4-5-14(12)24-16-13(18)6-10(19)9-21-16/h4-7,9,23H,8H2,1-3H3. The van der Waals surface area contributed by atoms with Crippen molar-refractivity contribution in [2.45, 2.75) is 38.4 Å². The molecule has 2 heterocycles. The number of esters is 1. The van der Waals surface area contributed by atoms with Crippen molar-refractivity contribution in [1.29, 1.82) is 0 Å². The molecule has 1 aliphatic rings. The van der Waals surface area contributed by atoms with Gasteiger partial charge in [0.2, 0.25) is 5.88 Å². The Kier molecular flexibility index (Phi) is 4.85. The van der Waals surface area contributed by atoms with Crippen LogP contribution in [0.5, 0.6) is 11.6 Å². The lowest BCUT2D eigenvalue weighted by atomic mass is 9.82. The molecule has 1 unspecified atom stereocenters. The molecule has 0 bridgehead atoms. The molecule has 0 fully saturated rings. The zero-order valence-corrected chi connectivity index (χ0v) is 17.7. The first-order valence-corrected chi connectivity index (χ1v) is 9.54. The number of carbonyl (C=O) groups excluding carboxylic acids is 1. The summed E-state index contributed by atoms with van der Waals surface area (Å²) in [5.74, 6) is 0.268. The molecule has 25 heavy (non-hydrogen) atoms. The van der Waals surface area contributed by atoms with Crippen molar-refractivity contribution < 1.29 is 19.4 Å². The van der Waals surface area contributed by atoms with Gasteiger partial charge in [-0.15, -0.1) is 0 Å². The molecule has 5 nitrogen and oxygen atoms in total. The first-order valence-electron chi connectivity index (χ1n) is 7.67. The molecule has 0 radical (unpaired) electrons. The highest BCUT2D eigenvalue weighted by Gasteiger charge is 2.44. The van der Waals surface area contributed by atoms with Crippen molar-refractivity contribution in [3.8, 4) is 11.6 Å². The van der Waals surface area contributed by atoms with Crippen LogP contribution in [-0.4, -0.2) is 21.7 Å². The maximum atomic E-state index is 12.5. The summed E-state index contributed by atoms with van der Waals surface area (Å²) < 4.78 is 12.9. The topological polar surface area (TPSA) is 68.7 Å². The van der Waals surface area contributed by atoms with Crippen molar-refractivity contribution in [3.63, 3.8) is 0 Å². The number of fused-ring (bicyclic) bond motifs is 2. The smallest absolute Gasteiger partial charge is 0.309 e. The average molecular weight is 518 g/mol. The number of benzene rings is 1. The van der Waals surface area contributed by atoms with Gasteiger partial charge >= 0.3 is 5.97 Å². The van der Waals surface area contributed by atoms with Crippen LogP contribution in [0.1, 0.15) is 38.3 Å². The predicted octanol–water partition coefficient (Wildman–Crippen LogP) is 4.52. The number of carbonyl (C=O) groups is 1. The number of ether oxygens (including phenoxy) is 2. The summed E-state index contributed by atoms with van der Waals surface area (Å²) in [6, 6.07) is 7.17. The molecule has 0 aliphatic carbocycles. The fraction of sp³-hybridized carbons (Fsp3) is 0.333. The Labute approximate surface area is 168 Å². The van der Waals surface area contributed by atoms with Crippen molar-refractivity contribution >= 4 is 44.5 Å². The zero-order valence-electron chi connectivity index (χ0n) is 14.0. The number of aromatic nitrogens is 1. The fourth-order valence-corrected chi connectivity index (χ4v) is 3.57. The number of hydrogen-bond donors (Lipinski definition) is 1. The predicted molar refractivity (Wildman–Crippen MR) is 105 cm³/mol. The van der Waals surface area contributed by atoms with Crippen molar-refractivity contribution in [3.05, 3.63) is 49.6 Å². The van der Waals surface area contributed by atoms with Gasteiger partial charge in [-0.2, -0.15) is 0 Å². The summed E-state index contributed by atoms with van der Waals surface area (Å²) in [5.41, 5.74) is -1.26. The van der Waals surface area contributed by atoms with E-state index in [1.807, 2.05) is 12.1 Å². The molecular formula is C18H17BrINO4. The van der Waals surface area contributed by atoms with Gasteiger partial charge < -0.3 is 14.6 Å². The van der Waals surface area contributed by atoms with Crippen molar-refractivity contribution in [2.75, 3.05) is 0 Å². The second-order valence-corrected chi connectivity index (χ2v) is 9.03.